The highest BCUT2D eigenvalue weighted by Gasteiger charge is 2.12. The Morgan fingerprint density at radius 2 is 2.00 bits per heavy atom. The molecule has 0 saturated carbocycles. The topological polar surface area (TPSA) is 67.9 Å². The highest BCUT2D eigenvalue weighted by Crippen LogP contribution is 2.12. The monoisotopic (exact) mass is 261 g/mol. The lowest BCUT2D eigenvalue weighted by atomic mass is 10.2. The number of hydrogen-bond donors (Lipinski definition) is 0. The average molecular weight is 261 g/mol. The summed E-state index contributed by atoms with van der Waals surface area (Å²) in [4.78, 5) is 15.0. The number of rotatable bonds is 5. The van der Waals surface area contributed by atoms with Crippen molar-refractivity contribution in [2.24, 2.45) is 0 Å². The van der Waals surface area contributed by atoms with Crippen molar-refractivity contribution in [1.82, 2.24) is 25.0 Å². The molecule has 0 spiro atoms. The lowest BCUT2D eigenvalue weighted by molar-refractivity contribution is 0.295. The van der Waals surface area contributed by atoms with Crippen LogP contribution in [0.15, 0.2) is 16.9 Å². The van der Waals surface area contributed by atoms with Crippen molar-refractivity contribution >= 4 is 0 Å². The molecular weight excluding hydrogens is 242 g/mol. The second-order valence-corrected chi connectivity index (χ2v) is 5.02. The minimum Gasteiger partial charge on any atom is -0.339 e. The van der Waals surface area contributed by atoms with Crippen LogP contribution in [-0.4, -0.2) is 32.1 Å². The van der Waals surface area contributed by atoms with Crippen molar-refractivity contribution in [3.05, 3.63) is 35.5 Å². The van der Waals surface area contributed by atoms with E-state index in [1.165, 1.54) is 0 Å². The van der Waals surface area contributed by atoms with Gasteiger partial charge in [0.1, 0.15) is 0 Å². The maximum atomic E-state index is 5.18. The van der Waals surface area contributed by atoms with Crippen LogP contribution in [0.1, 0.15) is 42.9 Å². The van der Waals surface area contributed by atoms with Crippen molar-refractivity contribution in [3.63, 3.8) is 0 Å². The van der Waals surface area contributed by atoms with Gasteiger partial charge in [-0.3, -0.25) is 14.9 Å². The molecule has 0 aliphatic rings. The van der Waals surface area contributed by atoms with E-state index in [0.29, 0.717) is 24.8 Å². The number of nitrogens with zero attached hydrogens (tertiary/aromatic N) is 5. The quantitative estimate of drug-likeness (QED) is 0.819. The minimum atomic E-state index is 0.259. The van der Waals surface area contributed by atoms with Gasteiger partial charge in [-0.05, 0) is 14.0 Å². The predicted molar refractivity (Wildman–Crippen MR) is 70.3 cm³/mol. The van der Waals surface area contributed by atoms with E-state index in [0.717, 1.165) is 11.4 Å². The van der Waals surface area contributed by atoms with E-state index in [2.05, 4.69) is 25.0 Å². The van der Waals surface area contributed by atoms with Crippen molar-refractivity contribution in [2.45, 2.75) is 39.8 Å². The Morgan fingerprint density at radius 3 is 2.58 bits per heavy atom. The van der Waals surface area contributed by atoms with Crippen molar-refractivity contribution in [2.75, 3.05) is 7.05 Å². The Labute approximate surface area is 112 Å². The first kappa shape index (κ1) is 13.6. The first-order chi connectivity index (χ1) is 9.04. The zero-order chi connectivity index (χ0) is 13.8. The van der Waals surface area contributed by atoms with Crippen LogP contribution in [0.5, 0.6) is 0 Å². The smallest absolute Gasteiger partial charge is 0.229 e. The van der Waals surface area contributed by atoms with Gasteiger partial charge < -0.3 is 4.52 Å². The second-order valence-electron chi connectivity index (χ2n) is 5.02. The highest BCUT2D eigenvalue weighted by molar-refractivity contribution is 5.00. The normalized spacial score (nSPS) is 11.5. The van der Waals surface area contributed by atoms with Gasteiger partial charge in [-0.1, -0.05) is 19.0 Å². The molecule has 0 fully saturated rings. The molecular formula is C13H19N5O. The van der Waals surface area contributed by atoms with Gasteiger partial charge in [0.2, 0.25) is 5.89 Å². The van der Waals surface area contributed by atoms with Crippen LogP contribution in [0.4, 0.5) is 0 Å². The van der Waals surface area contributed by atoms with Gasteiger partial charge in [0.15, 0.2) is 5.82 Å². The Morgan fingerprint density at radius 1 is 1.21 bits per heavy atom. The molecule has 0 unspecified atom stereocenters. The zero-order valence-corrected chi connectivity index (χ0v) is 11.8. The molecule has 2 rings (SSSR count). The maximum Gasteiger partial charge on any atom is 0.229 e. The molecule has 0 radical (unpaired) electrons. The van der Waals surface area contributed by atoms with E-state index in [9.17, 15) is 0 Å². The Kier molecular flexibility index (Phi) is 4.21. The first-order valence-corrected chi connectivity index (χ1v) is 6.33. The third-order valence-corrected chi connectivity index (χ3v) is 2.66. The molecule has 0 aliphatic heterocycles. The number of hydrogen-bond acceptors (Lipinski definition) is 6. The van der Waals surface area contributed by atoms with Crippen LogP contribution < -0.4 is 0 Å². The lowest BCUT2D eigenvalue weighted by Crippen LogP contribution is -2.19. The standard InChI is InChI=1S/C13H19N5O/c1-9(2)13-16-12(17-19-13)8-18(4)7-11-6-14-10(3)5-15-11/h5-6,9H,7-8H2,1-4H3. The summed E-state index contributed by atoms with van der Waals surface area (Å²) in [7, 11) is 1.99. The first-order valence-electron chi connectivity index (χ1n) is 6.33. The molecule has 19 heavy (non-hydrogen) atoms. The summed E-state index contributed by atoms with van der Waals surface area (Å²) in [6, 6.07) is 0. The molecule has 2 aromatic heterocycles. The van der Waals surface area contributed by atoms with Crippen molar-refractivity contribution in [1.29, 1.82) is 0 Å². The van der Waals surface area contributed by atoms with E-state index in [-0.39, 0.29) is 5.92 Å². The summed E-state index contributed by atoms with van der Waals surface area (Å²) in [5, 5.41) is 3.97. The number of aryl methyl sites for hydroxylation is 1. The minimum absolute atomic E-state index is 0.259. The molecule has 0 N–H and O–H groups in total. The van der Waals surface area contributed by atoms with Crippen LogP contribution in [0.3, 0.4) is 0 Å². The highest BCUT2D eigenvalue weighted by atomic mass is 16.5. The van der Waals surface area contributed by atoms with Gasteiger partial charge in [0.05, 0.1) is 17.9 Å². The molecule has 0 bridgehead atoms. The van der Waals surface area contributed by atoms with E-state index >= 15 is 0 Å². The van der Waals surface area contributed by atoms with Crippen LogP contribution in [0.25, 0.3) is 0 Å². The lowest BCUT2D eigenvalue weighted by Gasteiger charge is -2.13. The largest absolute Gasteiger partial charge is 0.339 e. The Hall–Kier alpha value is -1.82. The average Bonchev–Trinajstić information content (AvgIpc) is 2.80. The molecule has 0 atom stereocenters. The fourth-order valence-electron chi connectivity index (χ4n) is 1.64. The van der Waals surface area contributed by atoms with E-state index in [1.807, 2.05) is 27.8 Å². The van der Waals surface area contributed by atoms with Crippen LogP contribution in [0, 0.1) is 6.92 Å². The molecule has 2 heterocycles. The van der Waals surface area contributed by atoms with Crippen LogP contribution >= 0.6 is 0 Å². The Balaban J connectivity index is 1.93. The summed E-state index contributed by atoms with van der Waals surface area (Å²) >= 11 is 0. The van der Waals surface area contributed by atoms with E-state index in [1.54, 1.807) is 12.4 Å². The summed E-state index contributed by atoms with van der Waals surface area (Å²) in [6.45, 7) is 7.32. The molecule has 6 heteroatoms. The fraction of sp³-hybridized carbons (Fsp3) is 0.538. The molecule has 6 nitrogen and oxygen atoms in total. The number of aromatic nitrogens is 4. The van der Waals surface area contributed by atoms with Gasteiger partial charge in [0.25, 0.3) is 0 Å². The van der Waals surface area contributed by atoms with E-state index < -0.39 is 0 Å². The maximum absolute atomic E-state index is 5.18. The van der Waals surface area contributed by atoms with Crippen LogP contribution in [-0.2, 0) is 13.1 Å². The molecule has 0 amide bonds. The van der Waals surface area contributed by atoms with Crippen molar-refractivity contribution in [3.8, 4) is 0 Å². The van der Waals surface area contributed by atoms with Gasteiger partial charge in [-0.2, -0.15) is 4.98 Å². The SMILES string of the molecule is Cc1cnc(CN(C)Cc2noc(C(C)C)n2)cn1. The predicted octanol–water partition coefficient (Wildman–Crippen LogP) is 1.92. The van der Waals surface area contributed by atoms with Crippen LogP contribution in [0.2, 0.25) is 0 Å². The Bertz CT molecular complexity index is 520. The fourth-order valence-corrected chi connectivity index (χ4v) is 1.64. The summed E-state index contributed by atoms with van der Waals surface area (Å²) in [6.07, 6.45) is 3.57. The van der Waals surface area contributed by atoms with Gasteiger partial charge in [-0.25, -0.2) is 0 Å². The molecule has 0 aliphatic carbocycles. The summed E-state index contributed by atoms with van der Waals surface area (Å²) in [5.41, 5.74) is 1.85. The summed E-state index contributed by atoms with van der Waals surface area (Å²) in [5.74, 6) is 1.64. The van der Waals surface area contributed by atoms with Gasteiger partial charge in [-0.15, -0.1) is 0 Å². The molecule has 2 aromatic rings. The van der Waals surface area contributed by atoms with Gasteiger partial charge >= 0.3 is 0 Å². The molecule has 0 aromatic carbocycles. The molecule has 0 saturated heterocycles. The van der Waals surface area contributed by atoms with Gasteiger partial charge in [0, 0.05) is 24.9 Å². The zero-order valence-electron chi connectivity index (χ0n) is 11.8. The summed E-state index contributed by atoms with van der Waals surface area (Å²) < 4.78 is 5.18. The second kappa shape index (κ2) is 5.88. The third-order valence-electron chi connectivity index (χ3n) is 2.66. The molecule has 102 valence electrons. The van der Waals surface area contributed by atoms with Crippen molar-refractivity contribution < 1.29 is 4.52 Å². The third kappa shape index (κ3) is 3.82. The van der Waals surface area contributed by atoms with E-state index in [4.69, 9.17) is 4.52 Å².